The zero-order valence-corrected chi connectivity index (χ0v) is 20.6. The van der Waals surface area contributed by atoms with Gasteiger partial charge in [-0.1, -0.05) is 12.0 Å². The van der Waals surface area contributed by atoms with E-state index in [1.165, 1.54) is 4.57 Å². The summed E-state index contributed by atoms with van der Waals surface area (Å²) in [5, 5.41) is 10.8. The molecule has 3 N–H and O–H groups in total. The lowest BCUT2D eigenvalue weighted by molar-refractivity contribution is -0.140. The molecule has 1 aliphatic rings. The number of aromatic nitrogens is 1. The van der Waals surface area contributed by atoms with Crippen LogP contribution in [0.3, 0.4) is 0 Å². The van der Waals surface area contributed by atoms with Gasteiger partial charge < -0.3 is 25.3 Å². The molecule has 1 aliphatic heterocycles. The highest BCUT2D eigenvalue weighted by Gasteiger charge is 2.30. The van der Waals surface area contributed by atoms with Gasteiger partial charge in [0.2, 0.25) is 0 Å². The Labute approximate surface area is 207 Å². The number of rotatable bonds is 7. The molecule has 0 spiro atoms. The SMILES string of the molecule is COc1cc(SC)ccc1NCC#Cc1cc2c(NC3CCCNC3)cccc2n1CC(F)(F)F. The monoisotopic (exact) mass is 502 g/mol. The first kappa shape index (κ1) is 25.1. The molecule has 1 aromatic heterocycles. The van der Waals surface area contributed by atoms with Crippen molar-refractivity contribution in [3.05, 3.63) is 48.2 Å². The van der Waals surface area contributed by atoms with E-state index < -0.39 is 12.7 Å². The third-order valence-electron chi connectivity index (χ3n) is 5.93. The number of hydrogen-bond donors (Lipinski definition) is 3. The van der Waals surface area contributed by atoms with E-state index in [4.69, 9.17) is 4.74 Å². The fourth-order valence-electron chi connectivity index (χ4n) is 4.28. The van der Waals surface area contributed by atoms with Crippen molar-refractivity contribution in [1.82, 2.24) is 9.88 Å². The number of alkyl halides is 3. The molecule has 5 nitrogen and oxygen atoms in total. The van der Waals surface area contributed by atoms with E-state index in [9.17, 15) is 13.2 Å². The molecule has 1 unspecified atom stereocenters. The summed E-state index contributed by atoms with van der Waals surface area (Å²) in [7, 11) is 1.60. The number of thioether (sulfide) groups is 1. The van der Waals surface area contributed by atoms with Crippen LogP contribution in [0.4, 0.5) is 24.5 Å². The summed E-state index contributed by atoms with van der Waals surface area (Å²) >= 11 is 1.61. The Morgan fingerprint density at radius 2 is 2.06 bits per heavy atom. The first-order chi connectivity index (χ1) is 16.9. The van der Waals surface area contributed by atoms with Gasteiger partial charge in [0.05, 0.1) is 30.6 Å². The minimum Gasteiger partial charge on any atom is -0.495 e. The Bertz CT molecular complexity index is 1220. The molecule has 0 aliphatic carbocycles. The third kappa shape index (κ3) is 6.38. The summed E-state index contributed by atoms with van der Waals surface area (Å²) in [5.74, 6) is 6.62. The van der Waals surface area contributed by atoms with Gasteiger partial charge in [-0.2, -0.15) is 13.2 Å². The molecule has 35 heavy (non-hydrogen) atoms. The lowest BCUT2D eigenvalue weighted by atomic mass is 10.1. The maximum absolute atomic E-state index is 13.4. The standard InChI is InChI=1S/C26H29F3N4OS/c1-34-25-15-20(35-2)10-11-23(25)31-13-5-7-19-14-21-22(32-18-6-4-12-30-16-18)8-3-9-24(21)33(19)17-26(27,28)29/h3,8-11,14-15,18,30-32H,4,6,12-13,16-17H2,1-2H3. The van der Waals surface area contributed by atoms with E-state index in [0.717, 1.165) is 47.6 Å². The van der Waals surface area contributed by atoms with Gasteiger partial charge in [0, 0.05) is 28.6 Å². The Morgan fingerprint density at radius 1 is 1.20 bits per heavy atom. The molecule has 2 heterocycles. The van der Waals surface area contributed by atoms with E-state index in [1.54, 1.807) is 37.1 Å². The third-order valence-corrected chi connectivity index (χ3v) is 6.66. The number of nitrogens with zero attached hydrogens (tertiary/aromatic N) is 1. The van der Waals surface area contributed by atoms with Crippen molar-refractivity contribution >= 4 is 34.0 Å². The molecule has 1 fully saturated rings. The molecule has 0 amide bonds. The predicted molar refractivity (Wildman–Crippen MR) is 138 cm³/mol. The van der Waals surface area contributed by atoms with Crippen LogP contribution in [-0.2, 0) is 6.54 Å². The Balaban J connectivity index is 1.60. The highest BCUT2D eigenvalue weighted by molar-refractivity contribution is 7.98. The van der Waals surface area contributed by atoms with E-state index in [2.05, 4.69) is 27.8 Å². The number of hydrogen-bond acceptors (Lipinski definition) is 5. The molecule has 0 saturated carbocycles. The second kappa shape index (κ2) is 11.2. The number of halogens is 3. The number of piperidine rings is 1. The van der Waals surface area contributed by atoms with Crippen molar-refractivity contribution in [2.24, 2.45) is 0 Å². The molecule has 186 valence electrons. The van der Waals surface area contributed by atoms with Crippen molar-refractivity contribution in [3.63, 3.8) is 0 Å². The number of methoxy groups -OCH3 is 1. The lowest BCUT2D eigenvalue weighted by Gasteiger charge is -2.25. The maximum Gasteiger partial charge on any atom is 0.406 e. The summed E-state index contributed by atoms with van der Waals surface area (Å²) in [5.41, 5.74) is 2.46. The van der Waals surface area contributed by atoms with E-state index in [-0.39, 0.29) is 12.6 Å². The highest BCUT2D eigenvalue weighted by atomic mass is 32.2. The van der Waals surface area contributed by atoms with Gasteiger partial charge in [0.15, 0.2) is 0 Å². The van der Waals surface area contributed by atoms with Crippen LogP contribution in [0.25, 0.3) is 10.9 Å². The zero-order valence-electron chi connectivity index (χ0n) is 19.8. The van der Waals surface area contributed by atoms with E-state index >= 15 is 0 Å². The summed E-state index contributed by atoms with van der Waals surface area (Å²) in [6.45, 7) is 0.999. The van der Waals surface area contributed by atoms with Crippen LogP contribution in [0.5, 0.6) is 5.75 Å². The van der Waals surface area contributed by atoms with Gasteiger partial charge in [0.25, 0.3) is 0 Å². The first-order valence-corrected chi connectivity index (χ1v) is 12.7. The van der Waals surface area contributed by atoms with Crippen LogP contribution in [0.1, 0.15) is 18.5 Å². The van der Waals surface area contributed by atoms with Gasteiger partial charge in [0.1, 0.15) is 12.3 Å². The molecule has 4 rings (SSSR count). The smallest absolute Gasteiger partial charge is 0.406 e. The summed E-state index contributed by atoms with van der Waals surface area (Å²) in [4.78, 5) is 1.07. The molecule has 0 bridgehead atoms. The van der Waals surface area contributed by atoms with Gasteiger partial charge in [-0.25, -0.2) is 0 Å². The van der Waals surface area contributed by atoms with Crippen molar-refractivity contribution < 1.29 is 17.9 Å². The van der Waals surface area contributed by atoms with Crippen LogP contribution < -0.4 is 20.7 Å². The number of benzene rings is 2. The van der Waals surface area contributed by atoms with Crippen molar-refractivity contribution in [3.8, 4) is 17.6 Å². The van der Waals surface area contributed by atoms with Crippen LogP contribution in [0.15, 0.2) is 47.4 Å². The fourth-order valence-corrected chi connectivity index (χ4v) is 4.71. The van der Waals surface area contributed by atoms with Crippen molar-refractivity contribution in [2.75, 3.05) is 43.6 Å². The van der Waals surface area contributed by atoms with Crippen LogP contribution >= 0.6 is 11.8 Å². The second-order valence-electron chi connectivity index (χ2n) is 8.38. The Morgan fingerprint density at radius 3 is 2.77 bits per heavy atom. The van der Waals surface area contributed by atoms with Crippen molar-refractivity contribution in [1.29, 1.82) is 0 Å². The minimum absolute atomic E-state index is 0.242. The predicted octanol–water partition coefficient (Wildman–Crippen LogP) is 5.56. The van der Waals surface area contributed by atoms with Crippen molar-refractivity contribution in [2.45, 2.75) is 36.5 Å². The van der Waals surface area contributed by atoms with Gasteiger partial charge in [-0.3, -0.25) is 0 Å². The van der Waals surface area contributed by atoms with E-state index in [1.807, 2.05) is 30.5 Å². The normalized spacial score (nSPS) is 16.0. The second-order valence-corrected chi connectivity index (χ2v) is 9.26. The van der Waals surface area contributed by atoms with E-state index in [0.29, 0.717) is 17.0 Å². The minimum atomic E-state index is -4.36. The Hall–Kier alpha value is -2.96. The van der Waals surface area contributed by atoms with Crippen LogP contribution in [-0.4, -0.2) is 49.8 Å². The molecule has 9 heteroatoms. The maximum atomic E-state index is 13.4. The molecule has 1 saturated heterocycles. The quantitative estimate of drug-likeness (QED) is 0.292. The van der Waals surface area contributed by atoms with Crippen LogP contribution in [0, 0.1) is 11.8 Å². The van der Waals surface area contributed by atoms with Gasteiger partial charge in [-0.15, -0.1) is 11.8 Å². The highest BCUT2D eigenvalue weighted by Crippen LogP contribution is 2.31. The molecule has 2 aromatic carbocycles. The Kier molecular flexibility index (Phi) is 8.04. The molecule has 3 aromatic rings. The summed E-state index contributed by atoms with van der Waals surface area (Å²) in [6, 6.07) is 13.2. The molecular formula is C26H29F3N4OS. The number of anilines is 2. The zero-order chi connectivity index (χ0) is 24.8. The average molecular weight is 503 g/mol. The van der Waals surface area contributed by atoms with Crippen LogP contribution in [0.2, 0.25) is 0 Å². The topological polar surface area (TPSA) is 50.2 Å². The van der Waals surface area contributed by atoms with Gasteiger partial charge >= 0.3 is 6.18 Å². The van der Waals surface area contributed by atoms with Gasteiger partial charge in [-0.05, 0) is 68.0 Å². The summed E-state index contributed by atoms with van der Waals surface area (Å²) < 4.78 is 47.0. The fraction of sp³-hybridized carbons (Fsp3) is 0.385. The number of nitrogens with one attached hydrogen (secondary N) is 3. The molecule has 1 atom stereocenters. The molecular weight excluding hydrogens is 473 g/mol. The lowest BCUT2D eigenvalue weighted by Crippen LogP contribution is -2.38. The first-order valence-electron chi connectivity index (χ1n) is 11.5. The average Bonchev–Trinajstić information content (AvgIpc) is 3.19. The number of ether oxygens (including phenoxy) is 1. The molecule has 0 radical (unpaired) electrons. The summed E-state index contributed by atoms with van der Waals surface area (Å²) in [6.07, 6.45) is -0.284. The number of fused-ring (bicyclic) bond motifs is 1. The largest absolute Gasteiger partial charge is 0.495 e.